The van der Waals surface area contributed by atoms with E-state index in [1.165, 1.54) is 0 Å². The Kier molecular flexibility index (Phi) is 2920. The fraction of sp³-hybridized carbons (Fsp3) is 0.500. The molecule has 0 aromatic heterocycles. The molecule has 150 valence electrons. The van der Waals surface area contributed by atoms with Gasteiger partial charge in [0.2, 0.25) is 0 Å². The van der Waals surface area contributed by atoms with Gasteiger partial charge in [0.15, 0.2) is 0 Å². The molecule has 0 fully saturated rings. The third-order valence-corrected chi connectivity index (χ3v) is 0. The molecule has 0 N–H and O–H groups in total. The molecule has 0 aromatic carbocycles. The average Bonchev–Trinajstić information content (AvgIpc) is 1.70. The summed E-state index contributed by atoms with van der Waals surface area (Å²) in [5, 5.41) is 0. The van der Waals surface area contributed by atoms with E-state index in [1.54, 1.807) is 0 Å². The monoisotopic (exact) mass is 510 g/mol. The Bertz CT molecular complexity index is 54.8. The van der Waals surface area contributed by atoms with Crippen molar-refractivity contribution in [2.45, 2.75) is 49.0 Å². The molecule has 0 spiro atoms. The van der Waals surface area contributed by atoms with Crippen LogP contribution in [0.3, 0.4) is 0 Å². The van der Waals surface area contributed by atoms with E-state index in [4.69, 9.17) is 0 Å². The minimum Gasteiger partial charge on any atom is -1.00 e. The molecule has 26 heavy (non-hydrogen) atoms. The predicted octanol–water partition coefficient (Wildman–Crippen LogP) is -18.4. The Hall–Kier alpha value is 5.83. The van der Waals surface area contributed by atoms with Crippen LogP contribution < -0.4 is 119 Å². The van der Waals surface area contributed by atoms with E-state index in [2.05, 4.69) is 0 Å². The van der Waals surface area contributed by atoms with Crippen LogP contribution in [-0.4, -0.2) is 69.2 Å². The molecular formula is C14H39Cl6Li3Mg3-4. The van der Waals surface area contributed by atoms with Gasteiger partial charge in [-0.25, -0.2) is 0 Å². The molecule has 0 heterocycles. The molecule has 0 saturated heterocycles. The molecule has 0 atom stereocenters. The Morgan fingerprint density at radius 2 is 0.423 bits per heavy atom. The third kappa shape index (κ3) is 729. The zero-order chi connectivity index (χ0) is 8.12. The van der Waals surface area contributed by atoms with Crippen molar-refractivity contribution in [2.75, 3.05) is 0 Å². The second-order valence-electron chi connectivity index (χ2n) is 1.73. The van der Waals surface area contributed by atoms with Gasteiger partial charge in [-0.3, -0.25) is 0 Å². The summed E-state index contributed by atoms with van der Waals surface area (Å²) in [4.78, 5) is 0. The first-order chi connectivity index (χ1) is 4.24. The molecule has 0 aliphatic heterocycles. The molecule has 0 unspecified atom stereocenters. The maximum absolute atomic E-state index is 2.00. The first-order valence-corrected chi connectivity index (χ1v) is 3.46. The van der Waals surface area contributed by atoms with Gasteiger partial charge in [-0.2, -0.15) is 41.5 Å². The average molecular weight is 514 g/mol. The van der Waals surface area contributed by atoms with Crippen LogP contribution in [-0.2, 0) is 0 Å². The summed E-state index contributed by atoms with van der Waals surface area (Å²) in [5.41, 5.74) is 0. The standard InChI is InChI=1S/3C3H7.CH4.4CH3.6ClH.3Li.3Mg.H/c3*1-3-2;;;;;;;;;;;;;;;;;;/h3*3H,1-2H3;1H4;4*1H3;6*1H;;;;;;;/q3*-1;;4*-1;;;;;;;3*+1;3*+2;-1/p-5. The molecule has 0 amide bonds. The van der Waals surface area contributed by atoms with Gasteiger partial charge in [-0.05, 0) is 0 Å². The molecular weight excluding hydrogens is 475 g/mol. The van der Waals surface area contributed by atoms with Crippen LogP contribution in [0.15, 0.2) is 0 Å². The number of hydrogen-bond donors (Lipinski definition) is 0. The Morgan fingerprint density at radius 3 is 0.423 bits per heavy atom. The normalized spacial score (nSPS) is 2.08. The van der Waals surface area contributed by atoms with Gasteiger partial charge in [0.05, 0.1) is 0 Å². The molecule has 12 heteroatoms. The van der Waals surface area contributed by atoms with Gasteiger partial charge in [0.25, 0.3) is 0 Å². The van der Waals surface area contributed by atoms with Crippen LogP contribution in [0.4, 0.5) is 0 Å². The number of rotatable bonds is 0. The third-order valence-electron chi connectivity index (χ3n) is 0. The van der Waals surface area contributed by atoms with Crippen LogP contribution >= 0.6 is 12.4 Å². The van der Waals surface area contributed by atoms with E-state index in [-0.39, 0.29) is 239 Å². The van der Waals surface area contributed by atoms with Gasteiger partial charge < -0.3 is 112 Å². The summed E-state index contributed by atoms with van der Waals surface area (Å²) in [7, 11) is 0. The summed E-state index contributed by atoms with van der Waals surface area (Å²) >= 11 is 0. The smallest absolute Gasteiger partial charge is 1.00 e. The fourth-order valence-electron chi connectivity index (χ4n) is 0. The van der Waals surface area contributed by atoms with Crippen molar-refractivity contribution in [3.05, 3.63) is 49.0 Å². The summed E-state index contributed by atoms with van der Waals surface area (Å²) in [6, 6.07) is 0. The van der Waals surface area contributed by atoms with Gasteiger partial charge in [-0.1, -0.05) is 7.43 Å². The van der Waals surface area contributed by atoms with Gasteiger partial charge >= 0.3 is 126 Å². The molecule has 0 aromatic rings. The van der Waals surface area contributed by atoms with Crippen LogP contribution in [0.25, 0.3) is 0 Å². The predicted molar refractivity (Wildman–Crippen MR) is 105 cm³/mol. The van der Waals surface area contributed by atoms with Crippen molar-refractivity contribution in [1.29, 1.82) is 0 Å². The van der Waals surface area contributed by atoms with Gasteiger partial charge in [0.1, 0.15) is 0 Å². The fourth-order valence-corrected chi connectivity index (χ4v) is 0. The molecule has 0 aliphatic carbocycles. The number of halogens is 6. The van der Waals surface area contributed by atoms with Gasteiger partial charge in [-0.15, -0.1) is 12.4 Å². The summed E-state index contributed by atoms with van der Waals surface area (Å²) in [6.07, 6.45) is 6.00. The van der Waals surface area contributed by atoms with Crippen LogP contribution in [0.5, 0.6) is 0 Å². The van der Waals surface area contributed by atoms with Crippen LogP contribution in [0.1, 0.15) is 50.4 Å². The van der Waals surface area contributed by atoms with Crippen molar-refractivity contribution < 1.29 is 120 Å². The molecule has 0 bridgehead atoms. The first kappa shape index (κ1) is 216. The van der Waals surface area contributed by atoms with Crippen LogP contribution in [0, 0.1) is 49.0 Å². The maximum atomic E-state index is 2.00. The Balaban J connectivity index is -0.000000000789. The van der Waals surface area contributed by atoms with Crippen molar-refractivity contribution in [2.24, 2.45) is 0 Å². The van der Waals surface area contributed by atoms with E-state index in [9.17, 15) is 0 Å². The van der Waals surface area contributed by atoms with Crippen molar-refractivity contribution in [3.63, 3.8) is 0 Å². The topological polar surface area (TPSA) is 0 Å². The molecule has 0 aliphatic rings. The van der Waals surface area contributed by atoms with E-state index in [0.29, 0.717) is 0 Å². The quantitative estimate of drug-likeness (QED) is 0.223. The summed E-state index contributed by atoms with van der Waals surface area (Å²) < 4.78 is 0. The zero-order valence-electron chi connectivity index (χ0n) is 20.2. The molecule has 0 radical (unpaired) electrons. The van der Waals surface area contributed by atoms with E-state index in [0.717, 1.165) is 0 Å². The second kappa shape index (κ2) is 352. The first-order valence-electron chi connectivity index (χ1n) is 3.46. The van der Waals surface area contributed by atoms with Crippen molar-refractivity contribution in [1.82, 2.24) is 0 Å². The van der Waals surface area contributed by atoms with Crippen molar-refractivity contribution >= 4 is 81.6 Å². The molecule has 0 nitrogen and oxygen atoms in total. The van der Waals surface area contributed by atoms with Crippen LogP contribution in [0.2, 0.25) is 0 Å². The SMILES string of the molecule is C.C[CH-]C.C[CH-]C.C[CH-]C.Cl.[CH3-].[CH3-].[CH3-].[CH3-].[Cl-].[Cl-].[Cl-].[Cl-].[Cl-].[H-].[Li+].[Li+].[Li+].[Mg+2].[Mg+2].[Mg+2]. The number of hydrogen-bond acceptors (Lipinski definition) is 0. The minimum atomic E-state index is 0. The van der Waals surface area contributed by atoms with E-state index < -0.39 is 0 Å². The van der Waals surface area contributed by atoms with E-state index >= 15 is 0 Å². The molecule has 0 saturated carbocycles. The minimum absolute atomic E-state index is 0. The summed E-state index contributed by atoms with van der Waals surface area (Å²) in [5.74, 6) is 0. The summed E-state index contributed by atoms with van der Waals surface area (Å²) in [6.45, 7) is 12.0. The largest absolute Gasteiger partial charge is 2.00 e. The molecule has 0 rings (SSSR count). The Morgan fingerprint density at radius 1 is 0.423 bits per heavy atom. The maximum Gasteiger partial charge on any atom is 2.00 e. The zero-order valence-corrected chi connectivity index (χ0v) is 28.0. The Labute approximate surface area is 295 Å². The van der Waals surface area contributed by atoms with Gasteiger partial charge in [0, 0.05) is 0 Å². The van der Waals surface area contributed by atoms with Crippen molar-refractivity contribution in [3.8, 4) is 0 Å². The van der Waals surface area contributed by atoms with E-state index in [1.807, 2.05) is 60.8 Å². The second-order valence-corrected chi connectivity index (χ2v) is 1.73.